The van der Waals surface area contributed by atoms with Crippen molar-refractivity contribution in [2.75, 3.05) is 0 Å². The smallest absolute Gasteiger partial charge is 0.254 e. The molecule has 0 saturated carbocycles. The summed E-state index contributed by atoms with van der Waals surface area (Å²) in [4.78, 5) is 26.3. The number of nitrogens with two attached hydrogens (primary N) is 1. The van der Waals surface area contributed by atoms with Gasteiger partial charge in [-0.2, -0.15) is 5.10 Å². The van der Waals surface area contributed by atoms with E-state index in [4.69, 9.17) is 5.73 Å². The maximum atomic E-state index is 12.2. The number of pyridine rings is 1. The largest absolute Gasteiger partial charge is 0.365 e. The van der Waals surface area contributed by atoms with E-state index in [1.807, 2.05) is 6.92 Å². The molecule has 0 saturated heterocycles. The van der Waals surface area contributed by atoms with Crippen LogP contribution in [-0.4, -0.2) is 20.7 Å². The molecule has 2 aromatic heterocycles. The fraction of sp³-hybridized carbons (Fsp3) is 0.250. The van der Waals surface area contributed by atoms with E-state index < -0.39 is 5.91 Å². The predicted molar refractivity (Wildman–Crippen MR) is 67.3 cm³/mol. The quantitative estimate of drug-likeness (QED) is 0.807. The molecule has 0 fully saturated rings. The monoisotopic (exact) mass is 246 g/mol. The van der Waals surface area contributed by atoms with Crippen LogP contribution >= 0.6 is 0 Å². The van der Waals surface area contributed by atoms with Crippen molar-refractivity contribution in [2.24, 2.45) is 12.8 Å². The summed E-state index contributed by atoms with van der Waals surface area (Å²) in [6.45, 7) is 3.61. The van der Waals surface area contributed by atoms with Crippen LogP contribution in [0.2, 0.25) is 0 Å². The minimum Gasteiger partial charge on any atom is -0.365 e. The number of aromatic amines is 1. The Kier molecular flexibility index (Phi) is 2.78. The van der Waals surface area contributed by atoms with E-state index in [1.165, 1.54) is 6.20 Å². The molecule has 2 heterocycles. The first-order chi connectivity index (χ1) is 8.41. The number of nitrogens with zero attached hydrogens (tertiary/aromatic N) is 2. The molecule has 0 bridgehead atoms. The molecule has 0 aromatic carbocycles. The molecule has 0 radical (unpaired) electrons. The lowest BCUT2D eigenvalue weighted by molar-refractivity contribution is 0.0999. The normalized spacial score (nSPS) is 10.6. The van der Waals surface area contributed by atoms with Gasteiger partial charge in [-0.1, -0.05) is 0 Å². The third-order valence-electron chi connectivity index (χ3n) is 2.80. The van der Waals surface area contributed by atoms with E-state index >= 15 is 0 Å². The Labute approximate surface area is 103 Å². The van der Waals surface area contributed by atoms with E-state index in [2.05, 4.69) is 10.1 Å². The second kappa shape index (κ2) is 4.14. The van der Waals surface area contributed by atoms with Crippen molar-refractivity contribution in [1.29, 1.82) is 0 Å². The minimum absolute atomic E-state index is 0.0468. The zero-order valence-electron chi connectivity index (χ0n) is 10.4. The van der Waals surface area contributed by atoms with Gasteiger partial charge in [-0.3, -0.25) is 14.3 Å². The molecule has 2 rings (SSSR count). The summed E-state index contributed by atoms with van der Waals surface area (Å²) in [5, 5.41) is 4.19. The minimum atomic E-state index is -0.739. The number of carbonyl (C=O) groups excluding carboxylic acids is 1. The summed E-state index contributed by atoms with van der Waals surface area (Å²) in [6.07, 6.45) is 1.34. The van der Waals surface area contributed by atoms with Gasteiger partial charge in [-0.15, -0.1) is 0 Å². The lowest BCUT2D eigenvalue weighted by Crippen LogP contribution is -2.24. The number of hydrogen-bond acceptors (Lipinski definition) is 3. The average molecular weight is 246 g/mol. The van der Waals surface area contributed by atoms with Gasteiger partial charge in [0.15, 0.2) is 0 Å². The van der Waals surface area contributed by atoms with Gasteiger partial charge in [-0.25, -0.2) is 0 Å². The highest BCUT2D eigenvalue weighted by molar-refractivity contribution is 5.93. The Hall–Kier alpha value is -2.37. The molecule has 0 aliphatic carbocycles. The zero-order valence-corrected chi connectivity index (χ0v) is 10.4. The van der Waals surface area contributed by atoms with Crippen LogP contribution in [0.4, 0.5) is 0 Å². The van der Waals surface area contributed by atoms with Gasteiger partial charge in [0.25, 0.3) is 5.91 Å². The first-order valence-corrected chi connectivity index (χ1v) is 5.45. The number of aryl methyl sites for hydroxylation is 3. The Balaban J connectivity index is 2.79. The molecule has 6 heteroatoms. The highest BCUT2D eigenvalue weighted by Gasteiger charge is 2.17. The summed E-state index contributed by atoms with van der Waals surface area (Å²) in [7, 11) is 1.75. The summed E-state index contributed by atoms with van der Waals surface area (Å²) < 4.78 is 1.61. The lowest BCUT2D eigenvalue weighted by Gasteiger charge is -2.06. The molecule has 1 amide bonds. The molecule has 2 aromatic rings. The number of carbonyl (C=O) groups is 1. The molecular weight excluding hydrogens is 232 g/mol. The maximum Gasteiger partial charge on any atom is 0.254 e. The van der Waals surface area contributed by atoms with Crippen molar-refractivity contribution in [3.63, 3.8) is 0 Å². The van der Waals surface area contributed by atoms with Crippen molar-refractivity contribution in [2.45, 2.75) is 13.8 Å². The number of H-pyrrole nitrogens is 1. The number of hydrogen-bond donors (Lipinski definition) is 2. The molecule has 0 aliphatic rings. The van der Waals surface area contributed by atoms with Gasteiger partial charge in [0.05, 0.1) is 17.0 Å². The maximum absolute atomic E-state index is 12.2. The highest BCUT2D eigenvalue weighted by atomic mass is 16.2. The van der Waals surface area contributed by atoms with Crippen molar-refractivity contribution in [3.05, 3.63) is 39.4 Å². The van der Waals surface area contributed by atoms with E-state index in [-0.39, 0.29) is 11.0 Å². The Morgan fingerprint density at radius 2 is 2.11 bits per heavy atom. The van der Waals surface area contributed by atoms with Gasteiger partial charge < -0.3 is 10.7 Å². The number of rotatable bonds is 2. The third kappa shape index (κ3) is 1.81. The van der Waals surface area contributed by atoms with Crippen LogP contribution in [-0.2, 0) is 7.05 Å². The summed E-state index contributed by atoms with van der Waals surface area (Å²) in [5.74, 6) is -0.739. The molecule has 0 spiro atoms. The van der Waals surface area contributed by atoms with Crippen LogP contribution in [0.3, 0.4) is 0 Å². The fourth-order valence-corrected chi connectivity index (χ4v) is 1.96. The SMILES string of the molecule is Cc1cc(-c2c(C)[nH]cc(C(N)=O)c2=O)n(C)n1. The fourth-order valence-electron chi connectivity index (χ4n) is 1.96. The van der Waals surface area contributed by atoms with Gasteiger partial charge in [0, 0.05) is 18.9 Å². The van der Waals surface area contributed by atoms with Crippen LogP contribution in [0.15, 0.2) is 17.1 Å². The standard InChI is InChI=1S/C12H14N4O2/c1-6-4-9(16(3)15-6)10-7(2)14-5-8(11(10)17)12(13)18/h4-5H,1-3H3,(H2,13,18)(H,14,17). The summed E-state index contributed by atoms with van der Waals surface area (Å²) in [6, 6.07) is 1.79. The van der Waals surface area contributed by atoms with Crippen LogP contribution in [0.1, 0.15) is 21.7 Å². The van der Waals surface area contributed by atoms with E-state index in [0.29, 0.717) is 17.0 Å². The van der Waals surface area contributed by atoms with Gasteiger partial charge in [0.1, 0.15) is 5.56 Å². The zero-order chi connectivity index (χ0) is 13.4. The Morgan fingerprint density at radius 3 is 2.61 bits per heavy atom. The molecule has 94 valence electrons. The van der Waals surface area contributed by atoms with E-state index in [9.17, 15) is 9.59 Å². The van der Waals surface area contributed by atoms with Crippen LogP contribution in [0.25, 0.3) is 11.3 Å². The first kappa shape index (κ1) is 12.1. The molecule has 3 N–H and O–H groups in total. The molecule has 6 nitrogen and oxygen atoms in total. The topological polar surface area (TPSA) is 93.8 Å². The van der Waals surface area contributed by atoms with Crippen molar-refractivity contribution >= 4 is 5.91 Å². The molecule has 0 unspecified atom stereocenters. The van der Waals surface area contributed by atoms with Gasteiger partial charge >= 0.3 is 0 Å². The van der Waals surface area contributed by atoms with Crippen LogP contribution < -0.4 is 11.2 Å². The molecule has 0 atom stereocenters. The van der Waals surface area contributed by atoms with Gasteiger partial charge in [0.2, 0.25) is 5.43 Å². The van der Waals surface area contributed by atoms with E-state index in [1.54, 1.807) is 24.7 Å². The van der Waals surface area contributed by atoms with Crippen molar-refractivity contribution in [3.8, 4) is 11.3 Å². The second-order valence-corrected chi connectivity index (χ2v) is 4.19. The van der Waals surface area contributed by atoms with E-state index in [0.717, 1.165) is 5.69 Å². The lowest BCUT2D eigenvalue weighted by atomic mass is 10.1. The highest BCUT2D eigenvalue weighted by Crippen LogP contribution is 2.19. The average Bonchev–Trinajstić information content (AvgIpc) is 2.57. The van der Waals surface area contributed by atoms with Gasteiger partial charge in [-0.05, 0) is 19.9 Å². The molecule has 18 heavy (non-hydrogen) atoms. The number of nitrogens with one attached hydrogen (secondary N) is 1. The summed E-state index contributed by atoms with van der Waals surface area (Å²) >= 11 is 0. The third-order valence-corrected chi connectivity index (χ3v) is 2.80. The Morgan fingerprint density at radius 1 is 1.44 bits per heavy atom. The first-order valence-electron chi connectivity index (χ1n) is 5.45. The number of aromatic nitrogens is 3. The Bertz CT molecular complexity index is 682. The van der Waals surface area contributed by atoms with Crippen molar-refractivity contribution in [1.82, 2.24) is 14.8 Å². The predicted octanol–water partition coefficient (Wildman–Crippen LogP) is 0.491. The second-order valence-electron chi connectivity index (χ2n) is 4.19. The van der Waals surface area contributed by atoms with Crippen molar-refractivity contribution < 1.29 is 4.79 Å². The number of primary amides is 1. The molecular formula is C12H14N4O2. The molecule has 0 aliphatic heterocycles. The van der Waals surface area contributed by atoms with Crippen LogP contribution in [0.5, 0.6) is 0 Å². The number of amides is 1. The summed E-state index contributed by atoms with van der Waals surface area (Å²) in [5.41, 5.74) is 7.32. The van der Waals surface area contributed by atoms with Crippen LogP contribution in [0, 0.1) is 13.8 Å².